The van der Waals surface area contributed by atoms with Crippen LogP contribution in [0.3, 0.4) is 0 Å². The predicted molar refractivity (Wildman–Crippen MR) is 110 cm³/mol. The number of hydrogen-bond donors (Lipinski definition) is 0. The third-order valence-electron chi connectivity index (χ3n) is 4.54. The monoisotopic (exact) mass is 380 g/mol. The van der Waals surface area contributed by atoms with Crippen LogP contribution < -0.4 is 4.74 Å². The second-order valence-corrected chi connectivity index (χ2v) is 6.74. The lowest BCUT2D eigenvalue weighted by Gasteiger charge is -2.11. The summed E-state index contributed by atoms with van der Waals surface area (Å²) in [5.41, 5.74) is 1.91. The number of rotatable bonds is 7. The Morgan fingerprint density at radius 2 is 1.85 bits per heavy atom. The third kappa shape index (κ3) is 3.92. The van der Waals surface area contributed by atoms with Crippen LogP contribution in [0.4, 0.5) is 0 Å². The molecule has 138 valence electrons. The maximum absolute atomic E-state index is 6.19. The highest BCUT2D eigenvalue weighted by molar-refractivity contribution is 6.31. The fourth-order valence-corrected chi connectivity index (χ4v) is 3.38. The Labute approximate surface area is 163 Å². The zero-order chi connectivity index (χ0) is 18.6. The summed E-state index contributed by atoms with van der Waals surface area (Å²) in [6, 6.07) is 20.1. The molecule has 1 heterocycles. The first-order valence-corrected chi connectivity index (χ1v) is 9.46. The van der Waals surface area contributed by atoms with E-state index in [1.807, 2.05) is 43.3 Å². The highest BCUT2D eigenvalue weighted by Crippen LogP contribution is 2.24. The van der Waals surface area contributed by atoms with Gasteiger partial charge in [0.1, 0.15) is 18.2 Å². The smallest absolute Gasteiger partial charge is 0.148 e. The van der Waals surface area contributed by atoms with Gasteiger partial charge in [-0.15, -0.1) is 0 Å². The standard InChI is InChI=1S/C22H21ClN2O2/c1-2-26-12-11-25-21-14-18(23)8-10-20(21)24-22(25)15-27-19-9-7-16-5-3-4-6-17(16)13-19/h3-10,13-14H,2,11-12,15H2,1H3. The minimum absolute atomic E-state index is 0.386. The van der Waals surface area contributed by atoms with E-state index in [2.05, 4.69) is 28.8 Å². The largest absolute Gasteiger partial charge is 0.486 e. The fraction of sp³-hybridized carbons (Fsp3) is 0.227. The summed E-state index contributed by atoms with van der Waals surface area (Å²) in [6.45, 7) is 4.40. The van der Waals surface area contributed by atoms with Gasteiger partial charge in [-0.1, -0.05) is 41.9 Å². The van der Waals surface area contributed by atoms with Crippen LogP contribution in [-0.2, 0) is 17.9 Å². The lowest BCUT2D eigenvalue weighted by atomic mass is 10.1. The van der Waals surface area contributed by atoms with Gasteiger partial charge in [-0.2, -0.15) is 0 Å². The van der Waals surface area contributed by atoms with Gasteiger partial charge in [-0.3, -0.25) is 0 Å². The molecule has 0 aliphatic heterocycles. The molecule has 0 saturated carbocycles. The van der Waals surface area contributed by atoms with Gasteiger partial charge in [-0.25, -0.2) is 4.98 Å². The maximum Gasteiger partial charge on any atom is 0.148 e. The lowest BCUT2D eigenvalue weighted by molar-refractivity contribution is 0.138. The number of aromatic nitrogens is 2. The Morgan fingerprint density at radius 3 is 2.70 bits per heavy atom. The van der Waals surface area contributed by atoms with Crippen LogP contribution in [0, 0.1) is 0 Å². The quantitative estimate of drug-likeness (QED) is 0.399. The number of imidazole rings is 1. The van der Waals surface area contributed by atoms with Gasteiger partial charge < -0.3 is 14.0 Å². The van der Waals surface area contributed by atoms with Crippen LogP contribution >= 0.6 is 11.6 Å². The summed E-state index contributed by atoms with van der Waals surface area (Å²) in [5.74, 6) is 1.69. The number of halogens is 1. The van der Waals surface area contributed by atoms with Crippen molar-refractivity contribution in [3.8, 4) is 5.75 Å². The normalized spacial score (nSPS) is 11.3. The van der Waals surface area contributed by atoms with Crippen LogP contribution in [0.15, 0.2) is 60.7 Å². The van der Waals surface area contributed by atoms with Gasteiger partial charge in [0, 0.05) is 18.2 Å². The first-order chi connectivity index (χ1) is 13.2. The molecule has 4 aromatic rings. The third-order valence-corrected chi connectivity index (χ3v) is 4.78. The number of fused-ring (bicyclic) bond motifs is 2. The molecule has 0 aliphatic rings. The Kier molecular flexibility index (Phi) is 5.28. The van der Waals surface area contributed by atoms with E-state index in [1.165, 1.54) is 5.39 Å². The summed E-state index contributed by atoms with van der Waals surface area (Å²) >= 11 is 6.19. The molecule has 27 heavy (non-hydrogen) atoms. The number of hydrogen-bond acceptors (Lipinski definition) is 3. The SMILES string of the molecule is CCOCCn1c(COc2ccc3ccccc3c2)nc2ccc(Cl)cc21. The van der Waals surface area contributed by atoms with Crippen LogP contribution in [0.2, 0.25) is 5.02 Å². The van der Waals surface area contributed by atoms with E-state index in [1.54, 1.807) is 0 Å². The highest BCUT2D eigenvalue weighted by atomic mass is 35.5. The van der Waals surface area contributed by atoms with E-state index < -0.39 is 0 Å². The molecular weight excluding hydrogens is 360 g/mol. The summed E-state index contributed by atoms with van der Waals surface area (Å²) < 4.78 is 13.7. The van der Waals surface area contributed by atoms with Gasteiger partial charge >= 0.3 is 0 Å². The van der Waals surface area contributed by atoms with Crippen molar-refractivity contribution in [1.82, 2.24) is 9.55 Å². The van der Waals surface area contributed by atoms with E-state index in [0.29, 0.717) is 31.4 Å². The zero-order valence-electron chi connectivity index (χ0n) is 15.2. The Balaban J connectivity index is 1.60. The molecule has 3 aromatic carbocycles. The molecule has 0 aliphatic carbocycles. The molecular formula is C22H21ClN2O2. The van der Waals surface area contributed by atoms with Crippen molar-refractivity contribution in [2.75, 3.05) is 13.2 Å². The molecule has 0 unspecified atom stereocenters. The number of nitrogens with zero attached hydrogens (tertiary/aromatic N) is 2. The predicted octanol–water partition coefficient (Wildman–Crippen LogP) is 5.46. The van der Waals surface area contributed by atoms with E-state index in [9.17, 15) is 0 Å². The minimum Gasteiger partial charge on any atom is -0.486 e. The topological polar surface area (TPSA) is 36.3 Å². The molecule has 0 amide bonds. The van der Waals surface area contributed by atoms with Crippen LogP contribution in [0.1, 0.15) is 12.7 Å². The molecule has 0 atom stereocenters. The molecule has 4 rings (SSSR count). The van der Waals surface area contributed by atoms with Gasteiger partial charge in [0.25, 0.3) is 0 Å². The van der Waals surface area contributed by atoms with E-state index in [4.69, 9.17) is 26.1 Å². The first-order valence-electron chi connectivity index (χ1n) is 9.08. The molecule has 0 spiro atoms. The minimum atomic E-state index is 0.386. The van der Waals surface area contributed by atoms with E-state index in [0.717, 1.165) is 28.0 Å². The lowest BCUT2D eigenvalue weighted by Crippen LogP contribution is -2.11. The molecule has 5 heteroatoms. The van der Waals surface area contributed by atoms with Crippen molar-refractivity contribution in [1.29, 1.82) is 0 Å². The van der Waals surface area contributed by atoms with Crippen molar-refractivity contribution in [2.24, 2.45) is 0 Å². The average Bonchev–Trinajstić information content (AvgIpc) is 3.03. The average molecular weight is 381 g/mol. The summed E-state index contributed by atoms with van der Waals surface area (Å²) in [6.07, 6.45) is 0. The molecule has 0 bridgehead atoms. The second kappa shape index (κ2) is 7.99. The number of ether oxygens (including phenoxy) is 2. The van der Waals surface area contributed by atoms with Crippen molar-refractivity contribution in [3.05, 3.63) is 71.5 Å². The maximum atomic E-state index is 6.19. The van der Waals surface area contributed by atoms with Gasteiger partial charge in [-0.05, 0) is 48.0 Å². The second-order valence-electron chi connectivity index (χ2n) is 6.31. The summed E-state index contributed by atoms with van der Waals surface area (Å²) in [7, 11) is 0. The van der Waals surface area contributed by atoms with Crippen LogP contribution in [0.25, 0.3) is 21.8 Å². The van der Waals surface area contributed by atoms with Gasteiger partial charge in [0.05, 0.1) is 17.6 Å². The van der Waals surface area contributed by atoms with E-state index >= 15 is 0 Å². The fourth-order valence-electron chi connectivity index (χ4n) is 3.21. The Bertz CT molecular complexity index is 1070. The van der Waals surface area contributed by atoms with Crippen molar-refractivity contribution in [2.45, 2.75) is 20.1 Å². The molecule has 1 aromatic heterocycles. The van der Waals surface area contributed by atoms with Crippen molar-refractivity contribution in [3.63, 3.8) is 0 Å². The molecule has 4 nitrogen and oxygen atoms in total. The van der Waals surface area contributed by atoms with Crippen molar-refractivity contribution >= 4 is 33.4 Å². The molecule has 0 N–H and O–H groups in total. The summed E-state index contributed by atoms with van der Waals surface area (Å²) in [5, 5.41) is 3.05. The number of benzene rings is 3. The van der Waals surface area contributed by atoms with Gasteiger partial charge in [0.15, 0.2) is 0 Å². The van der Waals surface area contributed by atoms with Crippen LogP contribution in [-0.4, -0.2) is 22.8 Å². The Hall–Kier alpha value is -2.56. The van der Waals surface area contributed by atoms with Crippen molar-refractivity contribution < 1.29 is 9.47 Å². The molecule has 0 fully saturated rings. The van der Waals surface area contributed by atoms with Gasteiger partial charge in [0.2, 0.25) is 0 Å². The Morgan fingerprint density at radius 1 is 1.00 bits per heavy atom. The highest BCUT2D eigenvalue weighted by Gasteiger charge is 2.12. The van der Waals surface area contributed by atoms with E-state index in [-0.39, 0.29) is 0 Å². The molecule has 0 radical (unpaired) electrons. The first kappa shape index (κ1) is 17.8. The molecule has 0 saturated heterocycles. The zero-order valence-corrected chi connectivity index (χ0v) is 15.9. The summed E-state index contributed by atoms with van der Waals surface area (Å²) in [4.78, 5) is 4.73. The van der Waals surface area contributed by atoms with Crippen LogP contribution in [0.5, 0.6) is 5.75 Å².